The molecule has 1 unspecified atom stereocenters. The van der Waals surface area contributed by atoms with E-state index in [4.69, 9.17) is 80.3 Å². The molecule has 0 radical (unpaired) electrons. The summed E-state index contributed by atoms with van der Waals surface area (Å²) < 4.78 is 124. The molecular formula is C87H114Na7O48PS7. The van der Waals surface area contributed by atoms with E-state index >= 15 is 4.57 Å². The van der Waals surface area contributed by atoms with Gasteiger partial charge < -0.3 is 231 Å². The van der Waals surface area contributed by atoms with E-state index in [2.05, 4.69) is 0 Å². The third-order valence-electron chi connectivity index (χ3n) is 24.4. The van der Waals surface area contributed by atoms with Crippen LogP contribution in [0.2, 0.25) is 0 Å². The summed E-state index contributed by atoms with van der Waals surface area (Å²) in [6.45, 7) is -1.01. The van der Waals surface area contributed by atoms with Crippen LogP contribution in [0.25, 0.3) is 11.1 Å². The fourth-order valence-corrected chi connectivity index (χ4v) is 25.8. The van der Waals surface area contributed by atoms with Crippen LogP contribution in [0, 0.1) is 0 Å². The van der Waals surface area contributed by atoms with E-state index < -0.39 is 387 Å². The summed E-state index contributed by atoms with van der Waals surface area (Å²) in [6.07, 6.45) is -90.1. The third kappa shape index (κ3) is 39.5. The van der Waals surface area contributed by atoms with E-state index in [0.717, 1.165) is 82.3 Å². The van der Waals surface area contributed by atoms with Crippen molar-refractivity contribution in [2.24, 2.45) is 0 Å². The molecule has 150 heavy (non-hydrogen) atoms. The SMILES string of the molecule is O=C([O-])CCSC[C@H]1O[C@@H]2O[C@H]3[C@H](O)[C@@H](O)[C@@H](O[C@H]4[C@H](O)[C@@H](O)[C@@H](O[C@H]5[C@H](O)[C@@H](O)[C@@H](O[C@H]6[C@H](O)[C@@H](O)[C@@H](O[C@H]7[C@H](O)[C@@H](O)[C@@H](O[C@H]8[C@H](O)[C@@H](O)[C@@H](O[C@H]9[C@H](O)[C@@H](O)[C@@H](O[C@H]1[C@H](O)[C@H]2O)O[C@@H]9COP(=O)(c1ccccc1)c1cccc(-c2ccccc2)c1)O[C@@H]8CSCCC(=O)[O-])O[C@@H]7CSCCC(=O)[O-])O[C@@H]6CSCCC(=O)[O-])O[C@@H]5CSCCC(=O)[O-])O[C@@H]4CSCCC(=O)[O-])O[C@@H]3CSCCC(=O)[O-].[Na+].[Na+].[Na+].[Na+].[Na+].[Na+].[Na+]. The third-order valence-corrected chi connectivity index (χ3v) is 34.2. The predicted octanol–water partition coefficient (Wildman–Crippen LogP) is -34.6. The molecule has 48 nitrogen and oxygen atoms in total. The number of benzene rings is 3. The van der Waals surface area contributed by atoms with Gasteiger partial charge in [0.05, 0.1) is 49.3 Å². The van der Waals surface area contributed by atoms with Gasteiger partial charge in [-0.1, -0.05) is 60.7 Å². The van der Waals surface area contributed by atoms with Crippen molar-refractivity contribution in [3.05, 3.63) is 84.9 Å². The Morgan fingerprint density at radius 1 is 0.233 bits per heavy atom. The smallest absolute Gasteiger partial charge is 0.550 e. The Morgan fingerprint density at radius 3 is 0.607 bits per heavy atom. The number of carbonyl (C=O) groups excluding carboxylic acids is 7. The minimum atomic E-state index is -4.53. The molecule has 0 aromatic heterocycles. The van der Waals surface area contributed by atoms with Crippen LogP contribution >= 0.6 is 89.7 Å². The van der Waals surface area contributed by atoms with Crippen LogP contribution in [0.5, 0.6) is 0 Å². The van der Waals surface area contributed by atoms with Crippen LogP contribution in [-0.4, -0.2) is 456 Å². The molecule has 16 bridgehead atoms. The molecule has 3 aromatic carbocycles. The van der Waals surface area contributed by atoms with Crippen LogP contribution in [0.15, 0.2) is 84.9 Å². The molecule has 30 saturated heterocycles. The second kappa shape index (κ2) is 69.8. The maximum absolute atomic E-state index is 16.3. The zero-order chi connectivity index (χ0) is 103. The summed E-state index contributed by atoms with van der Waals surface area (Å²) in [5.74, 6) is -15.6. The Labute approximate surface area is 1050 Å². The van der Waals surface area contributed by atoms with Crippen molar-refractivity contribution in [2.75, 3.05) is 87.1 Å². The first-order chi connectivity index (χ1) is 68.2. The molecule has 0 spiro atoms. The van der Waals surface area contributed by atoms with Gasteiger partial charge in [-0.15, -0.1) is 0 Å². The van der Waals surface area contributed by atoms with Gasteiger partial charge >= 0.3 is 207 Å². The Kier molecular flexibility index (Phi) is 66.4. The Morgan fingerprint density at radius 2 is 0.407 bits per heavy atom. The van der Waals surface area contributed by atoms with Crippen molar-refractivity contribution in [1.82, 2.24) is 0 Å². The van der Waals surface area contributed by atoms with Crippen LogP contribution in [-0.2, 0) is 118 Å². The zero-order valence-electron chi connectivity index (χ0n) is 82.8. The second-order valence-electron chi connectivity index (χ2n) is 34.5. The normalized spacial score (nSPS) is 37.0. The summed E-state index contributed by atoms with van der Waals surface area (Å²) in [6, 6.07) is 22.9. The number of carboxylic acids is 7. The summed E-state index contributed by atoms with van der Waals surface area (Å²) in [4.78, 5) is 82.7. The monoisotopic (exact) mass is 2340 g/mol. The topological polar surface area (TPSA) is 779 Å². The molecule has 804 valence electrons. The standard InChI is InChI=1S/C87H121O48PS7.7Na/c88-49(89)14-21-137-30-42-73-58(104)66(112)82(122-42)131-75-44(32-139-23-16-51(92)93)124-84(68(114)60(75)106)133-77-46(34-141-25-18-53(96)97)126-86(70(116)62(77)108)135-79-48(36-143-27-20-55(100)101)127-87(71(117)63(79)109)134-78-47(35-142-26-19-54(98)99)125-85(69(115)61(78)107)132-76-45(33-140-24-17-52(94)95)123-83(67(113)59(76)105)130-74-43(31-138-22-15-50(90)91)121-81(65(111)57(74)103)128-72-41(120-80(129-73)64(110)56(72)102)29-119-136(118,39-11-5-2-6-12-39)40-13-7-10-38(28-40)37-8-3-1-4-9-37;;;;;;;/h1-13,28,41-48,56-87,102-117H,14-27,29-36H2,(H,88,89)(H,90,91)(H,92,93)(H,94,95)(H,96,97)(H,98,99)(H,100,101);;;;;;;/q;7*+1/p-7/t41-,42-,43-,44-,45-,46-,47-,48-,56-,57-,58-,59-,60-,61-,62-,63-,64-,65-,66-,67-,68-,69-,70-,71-,72-,73-,74-,75-,76-,77-,78-,79-,80-,81-,82-,83-,84-,85-,86-,87-,136?;;;;;;;/m1......./s1. The molecule has 3 aromatic rings. The average Bonchev–Trinajstić information content (AvgIpc) is 0.763. The maximum atomic E-state index is 16.3. The van der Waals surface area contributed by atoms with Crippen molar-refractivity contribution < 1.29 is 443 Å². The molecular weight excluding hydrogens is 2230 g/mol. The molecule has 16 N–H and O–H groups in total. The van der Waals surface area contributed by atoms with E-state index in [1.165, 1.54) is 18.2 Å². The number of aliphatic carboxylic acids is 7. The van der Waals surface area contributed by atoms with Crippen molar-refractivity contribution in [3.63, 3.8) is 0 Å². The maximum Gasteiger partial charge on any atom is 1.00 e. The zero-order valence-corrected chi connectivity index (χ0v) is 103. The van der Waals surface area contributed by atoms with Gasteiger partial charge in [0.2, 0.25) is 0 Å². The van der Waals surface area contributed by atoms with E-state index in [-0.39, 0.29) is 258 Å². The van der Waals surface area contributed by atoms with Gasteiger partial charge in [0.1, 0.15) is 153 Å². The van der Waals surface area contributed by atoms with Crippen molar-refractivity contribution >= 4 is 142 Å². The quantitative estimate of drug-likeness (QED) is 0.0142. The summed E-state index contributed by atoms with van der Waals surface area (Å²) >= 11 is 5.73. The van der Waals surface area contributed by atoms with Crippen LogP contribution < -0.4 is 253 Å². The average molecular weight is 2340 g/mol. The molecule has 30 aliphatic heterocycles. The molecule has 63 heteroatoms. The number of aliphatic hydroxyl groups is 16. The fourth-order valence-electron chi connectivity index (χ4n) is 16.9. The molecule has 30 heterocycles. The predicted molar refractivity (Wildman–Crippen MR) is 484 cm³/mol. The van der Waals surface area contributed by atoms with Gasteiger partial charge in [-0.05, 0) is 121 Å². The molecule has 0 saturated carbocycles. The number of aliphatic hydroxyl groups excluding tert-OH is 16. The largest absolute Gasteiger partial charge is 1.00 e. The molecule has 0 amide bonds. The minimum absolute atomic E-state index is 0. The summed E-state index contributed by atoms with van der Waals surface area (Å²) in [7, 11) is -4.53. The number of carboxylic acid groups (broad SMARTS) is 7. The first-order valence-corrected chi connectivity index (χ1v) is 55.2. The number of carbonyl (C=O) groups is 7. The van der Waals surface area contributed by atoms with Gasteiger partial charge in [-0.25, -0.2) is 0 Å². The van der Waals surface area contributed by atoms with E-state index in [9.17, 15) is 151 Å². The van der Waals surface area contributed by atoms with Crippen molar-refractivity contribution in [3.8, 4) is 11.1 Å². The van der Waals surface area contributed by atoms with Crippen molar-refractivity contribution in [2.45, 2.75) is 291 Å². The van der Waals surface area contributed by atoms with E-state index in [1.807, 2.05) is 0 Å². The molecule has 30 aliphatic rings. The Bertz CT molecular complexity index is 4470. The molecule has 30 fully saturated rings. The fraction of sp³-hybridized carbons (Fsp3) is 0.713. The number of thioether (sulfide) groups is 7. The summed E-state index contributed by atoms with van der Waals surface area (Å²) in [5, 5.41) is 281. The van der Waals surface area contributed by atoms with Gasteiger partial charge in [-0.3, -0.25) is 4.57 Å². The molecule has 41 atom stereocenters. The van der Waals surface area contributed by atoms with E-state index in [1.54, 1.807) is 66.7 Å². The number of hydrogen-bond acceptors (Lipinski definition) is 55. The molecule has 0 aliphatic carbocycles. The number of rotatable bonds is 41. The Balaban J connectivity index is 0.00000565. The molecule has 33 rings (SSSR count). The second-order valence-corrected chi connectivity index (χ2v) is 44.9. The van der Waals surface area contributed by atoms with Crippen LogP contribution in [0.4, 0.5) is 0 Å². The first kappa shape index (κ1) is 143. The Hall–Kier alpha value is 2.31. The minimum Gasteiger partial charge on any atom is -0.550 e. The van der Waals surface area contributed by atoms with Crippen LogP contribution in [0.1, 0.15) is 44.9 Å². The first-order valence-electron chi connectivity index (χ1n) is 45.5. The van der Waals surface area contributed by atoms with Gasteiger partial charge in [-0.2, -0.15) is 82.3 Å². The van der Waals surface area contributed by atoms with Crippen molar-refractivity contribution in [1.29, 1.82) is 0 Å². The van der Waals surface area contributed by atoms with Gasteiger partial charge in [0, 0.05) is 92.7 Å². The van der Waals surface area contributed by atoms with Gasteiger partial charge in [0.25, 0.3) is 7.37 Å². The number of ether oxygens (including phenoxy) is 16. The number of hydrogen-bond donors (Lipinski definition) is 16. The van der Waals surface area contributed by atoms with Crippen LogP contribution in [0.3, 0.4) is 0 Å². The van der Waals surface area contributed by atoms with E-state index in [0.29, 0.717) is 11.1 Å². The summed E-state index contributed by atoms with van der Waals surface area (Å²) in [5.41, 5.74) is 1.21. The van der Waals surface area contributed by atoms with Gasteiger partial charge in [0.15, 0.2) is 50.3 Å².